The molecule has 0 aromatic heterocycles. The Morgan fingerprint density at radius 2 is 2.12 bits per heavy atom. The number of rotatable bonds is 4. The van der Waals surface area contributed by atoms with Crippen molar-refractivity contribution in [3.8, 4) is 5.75 Å². The summed E-state index contributed by atoms with van der Waals surface area (Å²) in [5.41, 5.74) is 3.82. The first kappa shape index (κ1) is 12.4. The van der Waals surface area contributed by atoms with Crippen molar-refractivity contribution >= 4 is 0 Å². The highest BCUT2D eigenvalue weighted by Crippen LogP contribution is 2.45. The molecule has 2 N–H and O–H groups in total. The van der Waals surface area contributed by atoms with Gasteiger partial charge in [0.25, 0.3) is 0 Å². The first-order valence-corrected chi connectivity index (χ1v) is 6.70. The van der Waals surface area contributed by atoms with Crippen molar-refractivity contribution in [2.45, 2.75) is 52.0 Å². The zero-order chi connectivity index (χ0) is 12.4. The van der Waals surface area contributed by atoms with Gasteiger partial charge in [0, 0.05) is 11.6 Å². The average Bonchev–Trinajstić information content (AvgIpc) is 2.63. The second-order valence-corrected chi connectivity index (χ2v) is 5.23. The van der Waals surface area contributed by atoms with Gasteiger partial charge >= 0.3 is 0 Å². The Labute approximate surface area is 104 Å². The first-order valence-electron chi connectivity index (χ1n) is 6.70. The zero-order valence-corrected chi connectivity index (χ0v) is 11.1. The standard InChI is InChI=1S/C15H23NO/c1-4-5-8-16-12-9-11(3)14-10(2)6-7-13(17)15(12)14/h6-7,11-12,16-17H,4-5,8-9H2,1-3H3. The average molecular weight is 233 g/mol. The van der Waals surface area contributed by atoms with Gasteiger partial charge in [0.1, 0.15) is 5.75 Å². The maximum Gasteiger partial charge on any atom is 0.120 e. The molecular formula is C15H23NO. The number of benzene rings is 1. The number of unbranched alkanes of at least 4 members (excludes halogenated alkanes) is 1. The highest BCUT2D eigenvalue weighted by molar-refractivity contribution is 5.50. The molecule has 0 saturated carbocycles. The van der Waals surface area contributed by atoms with Gasteiger partial charge in [-0.3, -0.25) is 0 Å². The van der Waals surface area contributed by atoms with E-state index in [1.54, 1.807) is 0 Å². The minimum Gasteiger partial charge on any atom is -0.508 e. The van der Waals surface area contributed by atoms with Gasteiger partial charge in [-0.1, -0.05) is 26.3 Å². The minimum atomic E-state index is 0.339. The predicted molar refractivity (Wildman–Crippen MR) is 71.5 cm³/mol. The van der Waals surface area contributed by atoms with Crippen LogP contribution in [-0.2, 0) is 0 Å². The lowest BCUT2D eigenvalue weighted by molar-refractivity contribution is 0.443. The zero-order valence-electron chi connectivity index (χ0n) is 11.1. The van der Waals surface area contributed by atoms with Crippen molar-refractivity contribution in [2.24, 2.45) is 0 Å². The Bertz CT molecular complexity index is 400. The summed E-state index contributed by atoms with van der Waals surface area (Å²) in [6.07, 6.45) is 3.52. The van der Waals surface area contributed by atoms with Crippen LogP contribution >= 0.6 is 0 Å². The van der Waals surface area contributed by atoms with Crippen LogP contribution in [0.25, 0.3) is 0 Å². The van der Waals surface area contributed by atoms with E-state index in [0.29, 0.717) is 17.7 Å². The lowest BCUT2D eigenvalue weighted by Crippen LogP contribution is -2.20. The summed E-state index contributed by atoms with van der Waals surface area (Å²) >= 11 is 0. The Morgan fingerprint density at radius 1 is 1.35 bits per heavy atom. The molecule has 2 unspecified atom stereocenters. The maximum absolute atomic E-state index is 10.1. The second-order valence-electron chi connectivity index (χ2n) is 5.23. The number of phenols is 1. The number of fused-ring (bicyclic) bond motifs is 1. The van der Waals surface area contributed by atoms with Crippen molar-refractivity contribution in [3.05, 3.63) is 28.8 Å². The summed E-state index contributed by atoms with van der Waals surface area (Å²) in [5.74, 6) is 1.01. The molecule has 94 valence electrons. The SMILES string of the molecule is CCCCNC1CC(C)c2c(C)ccc(O)c21. The van der Waals surface area contributed by atoms with E-state index in [9.17, 15) is 5.11 Å². The fraction of sp³-hybridized carbons (Fsp3) is 0.600. The molecule has 2 atom stereocenters. The number of hydrogen-bond acceptors (Lipinski definition) is 2. The molecule has 17 heavy (non-hydrogen) atoms. The van der Waals surface area contributed by atoms with E-state index in [1.165, 1.54) is 24.0 Å². The molecule has 0 amide bonds. The molecule has 1 aliphatic carbocycles. The third-order valence-corrected chi connectivity index (χ3v) is 3.83. The van der Waals surface area contributed by atoms with E-state index in [0.717, 1.165) is 18.5 Å². The predicted octanol–water partition coefficient (Wildman–Crippen LogP) is 3.64. The number of aryl methyl sites for hydroxylation is 1. The molecule has 0 saturated heterocycles. The van der Waals surface area contributed by atoms with Crippen LogP contribution in [0.5, 0.6) is 5.75 Å². The molecule has 2 rings (SSSR count). The first-order chi connectivity index (χ1) is 8.15. The fourth-order valence-electron chi connectivity index (χ4n) is 2.98. The van der Waals surface area contributed by atoms with Crippen molar-refractivity contribution in [2.75, 3.05) is 6.54 Å². The highest BCUT2D eigenvalue weighted by Gasteiger charge is 2.31. The van der Waals surface area contributed by atoms with Gasteiger partial charge in [-0.2, -0.15) is 0 Å². The van der Waals surface area contributed by atoms with Crippen LogP contribution in [0, 0.1) is 6.92 Å². The molecular weight excluding hydrogens is 210 g/mol. The van der Waals surface area contributed by atoms with Gasteiger partial charge in [0.2, 0.25) is 0 Å². The van der Waals surface area contributed by atoms with Gasteiger partial charge in [0.15, 0.2) is 0 Å². The van der Waals surface area contributed by atoms with E-state index in [4.69, 9.17) is 0 Å². The molecule has 0 aliphatic heterocycles. The van der Waals surface area contributed by atoms with Gasteiger partial charge in [0.05, 0.1) is 0 Å². The molecule has 1 aromatic rings. The van der Waals surface area contributed by atoms with Crippen molar-refractivity contribution < 1.29 is 5.11 Å². The molecule has 0 radical (unpaired) electrons. The monoisotopic (exact) mass is 233 g/mol. The normalized spacial score (nSPS) is 22.8. The van der Waals surface area contributed by atoms with Crippen LogP contribution in [-0.4, -0.2) is 11.7 Å². The third kappa shape index (κ3) is 2.32. The Balaban J connectivity index is 2.23. The lowest BCUT2D eigenvalue weighted by atomic mass is 9.97. The van der Waals surface area contributed by atoms with Crippen molar-refractivity contribution in [1.82, 2.24) is 5.32 Å². The van der Waals surface area contributed by atoms with E-state index in [2.05, 4.69) is 26.1 Å². The molecule has 0 heterocycles. The largest absolute Gasteiger partial charge is 0.508 e. The summed E-state index contributed by atoms with van der Waals surface area (Å²) in [7, 11) is 0. The van der Waals surface area contributed by atoms with E-state index >= 15 is 0 Å². The quantitative estimate of drug-likeness (QED) is 0.778. The lowest BCUT2D eigenvalue weighted by Gasteiger charge is -2.15. The number of hydrogen-bond donors (Lipinski definition) is 2. The topological polar surface area (TPSA) is 32.3 Å². The molecule has 1 aromatic carbocycles. The van der Waals surface area contributed by atoms with E-state index in [-0.39, 0.29) is 0 Å². The van der Waals surface area contributed by atoms with E-state index in [1.807, 2.05) is 12.1 Å². The molecule has 0 fully saturated rings. The Kier molecular flexibility index (Phi) is 3.72. The summed E-state index contributed by atoms with van der Waals surface area (Å²) in [5, 5.41) is 13.6. The highest BCUT2D eigenvalue weighted by atomic mass is 16.3. The van der Waals surface area contributed by atoms with Crippen molar-refractivity contribution in [1.29, 1.82) is 0 Å². The van der Waals surface area contributed by atoms with E-state index < -0.39 is 0 Å². The summed E-state index contributed by atoms with van der Waals surface area (Å²) in [4.78, 5) is 0. The molecule has 1 aliphatic rings. The second kappa shape index (κ2) is 5.09. The molecule has 2 heteroatoms. The van der Waals surface area contributed by atoms with Crippen LogP contribution < -0.4 is 5.32 Å². The Morgan fingerprint density at radius 3 is 2.82 bits per heavy atom. The smallest absolute Gasteiger partial charge is 0.120 e. The third-order valence-electron chi connectivity index (χ3n) is 3.83. The molecule has 0 spiro atoms. The Hall–Kier alpha value is -1.02. The van der Waals surface area contributed by atoms with Gasteiger partial charge in [-0.15, -0.1) is 0 Å². The van der Waals surface area contributed by atoms with Crippen molar-refractivity contribution in [3.63, 3.8) is 0 Å². The summed E-state index contributed by atoms with van der Waals surface area (Å²) < 4.78 is 0. The number of aromatic hydroxyl groups is 1. The summed E-state index contributed by atoms with van der Waals surface area (Å²) in [6, 6.07) is 4.20. The molecule has 2 nitrogen and oxygen atoms in total. The molecule has 0 bridgehead atoms. The minimum absolute atomic E-state index is 0.339. The summed E-state index contributed by atoms with van der Waals surface area (Å²) in [6.45, 7) is 7.64. The van der Waals surface area contributed by atoms with Crippen LogP contribution in [0.2, 0.25) is 0 Å². The van der Waals surface area contributed by atoms with Gasteiger partial charge in [-0.25, -0.2) is 0 Å². The van der Waals surface area contributed by atoms with Crippen LogP contribution in [0.1, 0.15) is 61.8 Å². The van der Waals surface area contributed by atoms with Gasteiger partial charge < -0.3 is 10.4 Å². The van der Waals surface area contributed by atoms with Crippen LogP contribution in [0.4, 0.5) is 0 Å². The number of nitrogens with one attached hydrogen (secondary N) is 1. The van der Waals surface area contributed by atoms with Crippen LogP contribution in [0.3, 0.4) is 0 Å². The fourth-order valence-corrected chi connectivity index (χ4v) is 2.98. The number of phenolic OH excluding ortho intramolecular Hbond substituents is 1. The maximum atomic E-state index is 10.1. The van der Waals surface area contributed by atoms with Crippen LogP contribution in [0.15, 0.2) is 12.1 Å². The van der Waals surface area contributed by atoms with Gasteiger partial charge in [-0.05, 0) is 49.4 Å².